The van der Waals surface area contributed by atoms with E-state index in [1.54, 1.807) is 17.5 Å². The van der Waals surface area contributed by atoms with Crippen LogP contribution in [-0.2, 0) is 4.79 Å². The van der Waals surface area contributed by atoms with E-state index in [-0.39, 0.29) is 16.7 Å². The second-order valence-electron chi connectivity index (χ2n) is 3.13. The van der Waals surface area contributed by atoms with Gasteiger partial charge in [-0.1, -0.05) is 22.9 Å². The molecule has 0 spiro atoms. The molecule has 3 nitrogen and oxygen atoms in total. The summed E-state index contributed by atoms with van der Waals surface area (Å²) in [6, 6.07) is 0. The summed E-state index contributed by atoms with van der Waals surface area (Å²) >= 11 is 4.83. The molecule has 0 aliphatic carbocycles. The van der Waals surface area contributed by atoms with Crippen LogP contribution in [0.5, 0.6) is 0 Å². The molecule has 0 saturated carbocycles. The lowest BCUT2D eigenvalue weighted by molar-refractivity contribution is -0.120. The van der Waals surface area contributed by atoms with Crippen LogP contribution < -0.4 is 5.32 Å². The maximum absolute atomic E-state index is 11.2. The van der Waals surface area contributed by atoms with E-state index >= 15 is 0 Å². The predicted octanol–water partition coefficient (Wildman–Crippen LogP) is 2.15. The van der Waals surface area contributed by atoms with E-state index in [1.165, 1.54) is 0 Å². The summed E-state index contributed by atoms with van der Waals surface area (Å²) in [5, 5.41) is 5.86. The average Bonchev–Trinajstić information content (AvgIpc) is 2.66. The van der Waals surface area contributed by atoms with Crippen LogP contribution in [0.4, 0.5) is 0 Å². The first-order chi connectivity index (χ1) is 6.61. The van der Waals surface area contributed by atoms with E-state index in [0.29, 0.717) is 6.54 Å². The molecule has 1 rings (SSSR count). The van der Waals surface area contributed by atoms with E-state index in [0.717, 1.165) is 5.01 Å². The number of halogens is 1. The van der Waals surface area contributed by atoms with Crippen LogP contribution in [0.15, 0.2) is 11.6 Å². The van der Waals surface area contributed by atoms with Crippen LogP contribution in [0.2, 0.25) is 0 Å². The van der Waals surface area contributed by atoms with Gasteiger partial charge in [0.25, 0.3) is 0 Å². The number of nitrogens with one attached hydrogen (secondary N) is 1. The normalized spacial score (nSPS) is 14.8. The number of amides is 1. The van der Waals surface area contributed by atoms with Crippen molar-refractivity contribution in [2.45, 2.75) is 24.6 Å². The quantitative estimate of drug-likeness (QED) is 0.857. The molecule has 0 radical (unpaired) electrons. The number of aromatic nitrogens is 1. The van der Waals surface area contributed by atoms with Crippen molar-refractivity contribution >= 4 is 33.2 Å². The first kappa shape index (κ1) is 11.7. The first-order valence-electron chi connectivity index (χ1n) is 4.42. The molecule has 0 aliphatic rings. The molecule has 2 atom stereocenters. The molecule has 78 valence electrons. The summed E-state index contributed by atoms with van der Waals surface area (Å²) in [6.07, 6.45) is 1.78. The molecule has 1 N–H and O–H groups in total. The van der Waals surface area contributed by atoms with Gasteiger partial charge < -0.3 is 5.32 Å². The Labute approximate surface area is 96.1 Å². The lowest BCUT2D eigenvalue weighted by Crippen LogP contribution is -2.32. The second kappa shape index (κ2) is 5.46. The van der Waals surface area contributed by atoms with Gasteiger partial charge in [-0.15, -0.1) is 11.3 Å². The van der Waals surface area contributed by atoms with Gasteiger partial charge in [0.05, 0.1) is 9.83 Å². The van der Waals surface area contributed by atoms with Crippen molar-refractivity contribution in [1.82, 2.24) is 10.3 Å². The summed E-state index contributed by atoms with van der Waals surface area (Å²) in [4.78, 5) is 15.3. The van der Waals surface area contributed by atoms with E-state index in [4.69, 9.17) is 0 Å². The minimum absolute atomic E-state index is 0.0217. The smallest absolute Gasteiger partial charge is 0.233 e. The van der Waals surface area contributed by atoms with Gasteiger partial charge in [-0.3, -0.25) is 4.79 Å². The first-order valence-corrected chi connectivity index (χ1v) is 6.22. The summed E-state index contributed by atoms with van der Waals surface area (Å²) < 4.78 is 0. The third-order valence-corrected chi connectivity index (χ3v) is 3.24. The molecule has 2 unspecified atom stereocenters. The van der Waals surface area contributed by atoms with Crippen molar-refractivity contribution < 1.29 is 4.79 Å². The van der Waals surface area contributed by atoms with Crippen molar-refractivity contribution in [3.05, 3.63) is 16.6 Å². The van der Waals surface area contributed by atoms with Gasteiger partial charge in [0, 0.05) is 24.0 Å². The Morgan fingerprint density at radius 3 is 2.93 bits per heavy atom. The third kappa shape index (κ3) is 3.38. The van der Waals surface area contributed by atoms with Gasteiger partial charge in [0.15, 0.2) is 0 Å². The zero-order chi connectivity index (χ0) is 10.6. The Morgan fingerprint density at radius 1 is 1.71 bits per heavy atom. The van der Waals surface area contributed by atoms with Crippen LogP contribution in [-0.4, -0.2) is 22.3 Å². The fraction of sp³-hybridized carbons (Fsp3) is 0.556. The van der Waals surface area contributed by atoms with E-state index in [1.807, 2.05) is 12.3 Å². The van der Waals surface area contributed by atoms with Crippen molar-refractivity contribution in [3.8, 4) is 0 Å². The molecule has 0 aromatic carbocycles. The summed E-state index contributed by atoms with van der Waals surface area (Å²) in [6.45, 7) is 4.50. The lowest BCUT2D eigenvalue weighted by atomic mass is 10.2. The van der Waals surface area contributed by atoms with Crippen LogP contribution in [0.25, 0.3) is 0 Å². The monoisotopic (exact) mass is 276 g/mol. The van der Waals surface area contributed by atoms with E-state index < -0.39 is 0 Å². The van der Waals surface area contributed by atoms with Gasteiger partial charge in [0.1, 0.15) is 0 Å². The molecule has 1 heterocycles. The average molecular weight is 277 g/mol. The van der Waals surface area contributed by atoms with E-state index in [9.17, 15) is 4.79 Å². The number of alkyl halides is 1. The molecule has 1 aromatic heterocycles. The highest BCUT2D eigenvalue weighted by molar-refractivity contribution is 9.10. The molecule has 1 aromatic rings. The topological polar surface area (TPSA) is 42.0 Å². The number of nitrogens with zero attached hydrogens (tertiary/aromatic N) is 1. The fourth-order valence-electron chi connectivity index (χ4n) is 0.959. The van der Waals surface area contributed by atoms with Crippen molar-refractivity contribution in [2.75, 3.05) is 6.54 Å². The molecule has 0 bridgehead atoms. The van der Waals surface area contributed by atoms with Gasteiger partial charge in [-0.05, 0) is 6.92 Å². The Morgan fingerprint density at radius 2 is 2.43 bits per heavy atom. The minimum atomic E-state index is -0.133. The maximum atomic E-state index is 11.2. The molecular weight excluding hydrogens is 264 g/mol. The Balaban J connectivity index is 2.36. The van der Waals surface area contributed by atoms with Crippen LogP contribution in [0, 0.1) is 0 Å². The molecule has 0 fully saturated rings. The maximum Gasteiger partial charge on any atom is 0.233 e. The lowest BCUT2D eigenvalue weighted by Gasteiger charge is -2.10. The van der Waals surface area contributed by atoms with Crippen molar-refractivity contribution in [2.24, 2.45) is 0 Å². The summed E-state index contributed by atoms with van der Waals surface area (Å²) in [7, 11) is 0. The largest absolute Gasteiger partial charge is 0.354 e. The third-order valence-electron chi connectivity index (χ3n) is 1.82. The molecule has 0 aliphatic heterocycles. The van der Waals surface area contributed by atoms with Gasteiger partial charge in [0.2, 0.25) is 5.91 Å². The van der Waals surface area contributed by atoms with Gasteiger partial charge in [-0.25, -0.2) is 4.98 Å². The second-order valence-corrected chi connectivity index (χ2v) is 5.43. The number of rotatable bonds is 4. The SMILES string of the molecule is CC(Br)C(=O)NCC(C)c1nccs1. The highest BCUT2D eigenvalue weighted by Gasteiger charge is 2.12. The van der Waals surface area contributed by atoms with Gasteiger partial charge in [-0.2, -0.15) is 0 Å². The van der Waals surface area contributed by atoms with Crippen LogP contribution in [0.3, 0.4) is 0 Å². The highest BCUT2D eigenvalue weighted by atomic mass is 79.9. The zero-order valence-electron chi connectivity index (χ0n) is 8.16. The van der Waals surface area contributed by atoms with E-state index in [2.05, 4.69) is 33.2 Å². The molecule has 0 saturated heterocycles. The van der Waals surface area contributed by atoms with Crippen molar-refractivity contribution in [1.29, 1.82) is 0 Å². The summed E-state index contributed by atoms with van der Waals surface area (Å²) in [5.74, 6) is 0.304. The number of thiazole rings is 1. The number of carbonyl (C=O) groups is 1. The van der Waals surface area contributed by atoms with Gasteiger partial charge >= 0.3 is 0 Å². The Kier molecular flexibility index (Phi) is 4.54. The highest BCUT2D eigenvalue weighted by Crippen LogP contribution is 2.16. The summed E-state index contributed by atoms with van der Waals surface area (Å²) in [5.41, 5.74) is 0. The fourth-order valence-corrected chi connectivity index (χ4v) is 1.82. The van der Waals surface area contributed by atoms with Crippen molar-refractivity contribution in [3.63, 3.8) is 0 Å². The number of hydrogen-bond acceptors (Lipinski definition) is 3. The zero-order valence-corrected chi connectivity index (χ0v) is 10.6. The standard InChI is InChI=1S/C9H13BrN2OS/c1-6(9-11-3-4-14-9)5-12-8(13)7(2)10/h3-4,6-7H,5H2,1-2H3,(H,12,13). The molecular formula is C9H13BrN2OS. The van der Waals surface area contributed by atoms with Crippen LogP contribution >= 0.6 is 27.3 Å². The number of carbonyl (C=O) groups excluding carboxylic acids is 1. The minimum Gasteiger partial charge on any atom is -0.354 e. The predicted molar refractivity (Wildman–Crippen MR) is 61.9 cm³/mol. The van der Waals surface area contributed by atoms with Crippen LogP contribution in [0.1, 0.15) is 24.8 Å². The Bertz CT molecular complexity index is 287. The molecule has 5 heteroatoms. The molecule has 14 heavy (non-hydrogen) atoms. The molecule has 1 amide bonds. The number of hydrogen-bond donors (Lipinski definition) is 1. The Hall–Kier alpha value is -0.420.